The van der Waals surface area contributed by atoms with Crippen LogP contribution in [-0.2, 0) is 5.41 Å². The Morgan fingerprint density at radius 2 is 0.821 bits per heavy atom. The number of rotatable bonds is 3. The molecule has 1 aromatic heterocycles. The average molecular weight is 725 g/mol. The first kappa shape index (κ1) is 30.5. The van der Waals surface area contributed by atoms with E-state index in [9.17, 15) is 0 Å². The zero-order valence-corrected chi connectivity index (χ0v) is 31.2. The summed E-state index contributed by atoms with van der Waals surface area (Å²) in [4.78, 5) is 0. The molecule has 1 unspecified atom stereocenters. The number of hydrogen-bond acceptors (Lipinski definition) is 1. The lowest BCUT2D eigenvalue weighted by Gasteiger charge is -2.31. The van der Waals surface area contributed by atoms with E-state index in [-0.39, 0.29) is 0 Å². The Hall–Kier alpha value is -6.80. The lowest BCUT2D eigenvalue weighted by atomic mass is 9.70. The van der Waals surface area contributed by atoms with Crippen molar-refractivity contribution in [2.24, 2.45) is 0 Å². The normalized spacial score (nSPS) is 15.2. The van der Waals surface area contributed by atoms with Gasteiger partial charge in [-0.1, -0.05) is 170 Å². The van der Waals surface area contributed by atoms with Crippen LogP contribution in [0.4, 0.5) is 0 Å². The average Bonchev–Trinajstić information content (AvgIpc) is 3.90. The second kappa shape index (κ2) is 11.1. The van der Waals surface area contributed by atoms with Gasteiger partial charge in [-0.3, -0.25) is 0 Å². The Morgan fingerprint density at radius 3 is 1.54 bits per heavy atom. The van der Waals surface area contributed by atoms with Gasteiger partial charge >= 0.3 is 0 Å². The van der Waals surface area contributed by atoms with Crippen molar-refractivity contribution in [2.45, 2.75) is 5.41 Å². The van der Waals surface area contributed by atoms with Crippen molar-refractivity contribution in [3.05, 3.63) is 216 Å². The number of fused-ring (bicyclic) bond motifs is 13. The molecule has 0 saturated carbocycles. The Morgan fingerprint density at radius 1 is 0.286 bits per heavy atom. The molecule has 0 fully saturated rings. The topological polar surface area (TPSA) is 0 Å². The molecule has 0 bridgehead atoms. The number of hydrogen-bond donors (Lipinski definition) is 0. The van der Waals surface area contributed by atoms with Crippen molar-refractivity contribution in [2.75, 3.05) is 0 Å². The van der Waals surface area contributed by atoms with Gasteiger partial charge in [-0.25, -0.2) is 0 Å². The smallest absolute Gasteiger partial charge is 0.0726 e. The van der Waals surface area contributed by atoms with E-state index in [1.54, 1.807) is 0 Å². The van der Waals surface area contributed by atoms with Crippen LogP contribution in [0.25, 0.3) is 97.0 Å². The maximum Gasteiger partial charge on any atom is 0.0726 e. The second-order valence-corrected chi connectivity index (χ2v) is 16.6. The third-order valence-corrected chi connectivity index (χ3v) is 14.1. The molecule has 2 aliphatic carbocycles. The van der Waals surface area contributed by atoms with Crippen molar-refractivity contribution in [1.82, 2.24) is 0 Å². The van der Waals surface area contributed by atoms with E-state index in [0.29, 0.717) is 0 Å². The first-order chi connectivity index (χ1) is 27.8. The molecule has 0 radical (unpaired) electrons. The molecule has 0 saturated heterocycles. The fourth-order valence-electron chi connectivity index (χ4n) is 10.5. The van der Waals surface area contributed by atoms with E-state index < -0.39 is 5.41 Å². The standard InChI is InChI=1S/C55H32S/c1-3-12-33(13-4-1)35-24-27-39-41-18-10-21-49-52(41)53-42(44(39)30-35)19-11-22-50(53)55(49)47-28-25-36(34-14-5-2-6-15-34)31-45(47)46-32-37(26-29-48(46)55)38-17-9-20-43-40-16-7-8-23-51(40)56-54(38)43/h1-32H. The molecule has 1 atom stereocenters. The minimum atomic E-state index is -0.441. The highest BCUT2D eigenvalue weighted by Gasteiger charge is 2.51. The Kier molecular flexibility index (Phi) is 6.07. The molecule has 1 spiro atoms. The van der Waals surface area contributed by atoms with Crippen LogP contribution in [0.15, 0.2) is 194 Å². The number of benzene rings is 10. The first-order valence-electron chi connectivity index (χ1n) is 19.5. The number of thiophene rings is 1. The third kappa shape index (κ3) is 3.88. The molecular weight excluding hydrogens is 693 g/mol. The Bertz CT molecular complexity index is 3460. The van der Waals surface area contributed by atoms with Crippen LogP contribution in [0.5, 0.6) is 0 Å². The summed E-state index contributed by atoms with van der Waals surface area (Å²) in [6.07, 6.45) is 0. The van der Waals surface area contributed by atoms with Gasteiger partial charge in [0.1, 0.15) is 0 Å². The lowest BCUT2D eigenvalue weighted by Crippen LogP contribution is -2.26. The van der Waals surface area contributed by atoms with E-state index in [2.05, 4.69) is 194 Å². The van der Waals surface area contributed by atoms with Gasteiger partial charge in [-0.05, 0) is 123 Å². The molecule has 1 heterocycles. The molecule has 11 aromatic rings. The van der Waals surface area contributed by atoms with Crippen LogP contribution in [0, 0.1) is 0 Å². The van der Waals surface area contributed by atoms with Crippen LogP contribution in [0.3, 0.4) is 0 Å². The summed E-state index contributed by atoms with van der Waals surface area (Å²) in [5, 5.41) is 10.7. The summed E-state index contributed by atoms with van der Waals surface area (Å²) in [6.45, 7) is 0. The predicted molar refractivity (Wildman–Crippen MR) is 239 cm³/mol. The molecule has 0 aliphatic heterocycles. The van der Waals surface area contributed by atoms with Crippen LogP contribution in [0.2, 0.25) is 0 Å². The first-order valence-corrected chi connectivity index (χ1v) is 20.3. The zero-order valence-electron chi connectivity index (χ0n) is 30.4. The molecule has 2 aliphatic rings. The van der Waals surface area contributed by atoms with Crippen LogP contribution in [0.1, 0.15) is 22.3 Å². The minimum Gasteiger partial charge on any atom is -0.135 e. The summed E-state index contributed by atoms with van der Waals surface area (Å²) in [7, 11) is 0. The van der Waals surface area contributed by atoms with E-state index >= 15 is 0 Å². The molecule has 10 aromatic carbocycles. The van der Waals surface area contributed by atoms with E-state index in [1.165, 1.54) is 119 Å². The highest BCUT2D eigenvalue weighted by Crippen LogP contribution is 2.64. The van der Waals surface area contributed by atoms with Gasteiger partial charge in [-0.15, -0.1) is 11.3 Å². The fraction of sp³-hybridized carbons (Fsp3) is 0.0182. The summed E-state index contributed by atoms with van der Waals surface area (Å²) in [6, 6.07) is 73.2. The highest BCUT2D eigenvalue weighted by atomic mass is 32.1. The van der Waals surface area contributed by atoms with Gasteiger partial charge in [0.2, 0.25) is 0 Å². The molecule has 56 heavy (non-hydrogen) atoms. The monoisotopic (exact) mass is 724 g/mol. The predicted octanol–water partition coefficient (Wildman–Crippen LogP) is 15.2. The van der Waals surface area contributed by atoms with Gasteiger partial charge in [0.15, 0.2) is 0 Å². The third-order valence-electron chi connectivity index (χ3n) is 12.9. The van der Waals surface area contributed by atoms with Crippen molar-refractivity contribution in [1.29, 1.82) is 0 Å². The lowest BCUT2D eigenvalue weighted by molar-refractivity contribution is 0.797. The molecule has 1 heteroatoms. The van der Waals surface area contributed by atoms with Crippen molar-refractivity contribution >= 4 is 63.8 Å². The van der Waals surface area contributed by atoms with Crippen molar-refractivity contribution in [3.8, 4) is 44.5 Å². The van der Waals surface area contributed by atoms with Gasteiger partial charge in [0.05, 0.1) is 5.41 Å². The van der Waals surface area contributed by atoms with Gasteiger partial charge < -0.3 is 0 Å². The van der Waals surface area contributed by atoms with E-state index in [0.717, 1.165) is 0 Å². The summed E-state index contributed by atoms with van der Waals surface area (Å²) in [5.74, 6) is 0. The molecule has 0 N–H and O–H groups in total. The Balaban J connectivity index is 1.12. The van der Waals surface area contributed by atoms with Gasteiger partial charge in [0, 0.05) is 20.2 Å². The largest absolute Gasteiger partial charge is 0.135 e. The highest BCUT2D eigenvalue weighted by molar-refractivity contribution is 7.26. The zero-order chi connectivity index (χ0) is 36.5. The van der Waals surface area contributed by atoms with Crippen molar-refractivity contribution < 1.29 is 0 Å². The minimum absolute atomic E-state index is 0.441. The van der Waals surface area contributed by atoms with E-state index in [4.69, 9.17) is 0 Å². The maximum atomic E-state index is 2.50. The van der Waals surface area contributed by atoms with Gasteiger partial charge in [-0.2, -0.15) is 0 Å². The summed E-state index contributed by atoms with van der Waals surface area (Å²) < 4.78 is 2.69. The van der Waals surface area contributed by atoms with Crippen LogP contribution >= 0.6 is 11.3 Å². The SMILES string of the molecule is c1ccc(-c2ccc3c(c2)-c2cc(-c4cccc5c4sc4ccccc45)ccc2C32c3cccc4c5ccc(-c6ccccc6)cc5c5cccc2c5c34)cc1. The molecule has 0 nitrogen and oxygen atoms in total. The molecule has 0 amide bonds. The van der Waals surface area contributed by atoms with Crippen LogP contribution < -0.4 is 0 Å². The molecule has 13 rings (SSSR count). The maximum absolute atomic E-state index is 2.50. The second-order valence-electron chi connectivity index (χ2n) is 15.5. The summed E-state index contributed by atoms with van der Waals surface area (Å²) >= 11 is 1.91. The molecular formula is C55H32S. The molecule has 258 valence electrons. The van der Waals surface area contributed by atoms with Crippen molar-refractivity contribution in [3.63, 3.8) is 0 Å². The summed E-state index contributed by atoms with van der Waals surface area (Å²) in [5.41, 5.74) is 15.3. The quantitative estimate of drug-likeness (QED) is 0.159. The Labute approximate surface area is 328 Å². The fourth-order valence-corrected chi connectivity index (χ4v) is 11.8. The van der Waals surface area contributed by atoms with Gasteiger partial charge in [0.25, 0.3) is 0 Å². The van der Waals surface area contributed by atoms with Crippen LogP contribution in [-0.4, -0.2) is 0 Å². The van der Waals surface area contributed by atoms with E-state index in [1.807, 2.05) is 11.3 Å².